The van der Waals surface area contributed by atoms with Crippen molar-refractivity contribution in [1.82, 2.24) is 0 Å². The van der Waals surface area contributed by atoms with Gasteiger partial charge in [-0.05, 0) is 18.3 Å². The minimum atomic E-state index is 0.224. The molecular weight excluding hydrogens is 152 g/mol. The standard InChI is InChI=1S/C10H20O2/c11-7-6-10(8-12)9-4-2-1-3-5-9/h9-12H,1-8H2/t10-/m0/s1. The summed E-state index contributed by atoms with van der Waals surface area (Å²) in [7, 11) is 0. The molecule has 0 spiro atoms. The van der Waals surface area contributed by atoms with Gasteiger partial charge in [0.2, 0.25) is 0 Å². The Kier molecular flexibility index (Phi) is 4.62. The molecule has 0 bridgehead atoms. The lowest BCUT2D eigenvalue weighted by molar-refractivity contribution is 0.118. The smallest absolute Gasteiger partial charge is 0.0462 e. The summed E-state index contributed by atoms with van der Waals surface area (Å²) in [5.41, 5.74) is 0. The molecule has 12 heavy (non-hydrogen) atoms. The Morgan fingerprint density at radius 3 is 2.25 bits per heavy atom. The van der Waals surface area contributed by atoms with E-state index in [-0.39, 0.29) is 13.2 Å². The van der Waals surface area contributed by atoms with Crippen molar-refractivity contribution < 1.29 is 10.2 Å². The maximum Gasteiger partial charge on any atom is 0.0462 e. The molecule has 72 valence electrons. The highest BCUT2D eigenvalue weighted by atomic mass is 16.3. The molecule has 0 saturated heterocycles. The number of hydrogen-bond acceptors (Lipinski definition) is 2. The van der Waals surface area contributed by atoms with Crippen LogP contribution >= 0.6 is 0 Å². The molecule has 1 saturated carbocycles. The second-order valence-electron chi connectivity index (χ2n) is 3.85. The lowest BCUT2D eigenvalue weighted by atomic mass is 9.79. The van der Waals surface area contributed by atoms with Gasteiger partial charge in [0.05, 0.1) is 0 Å². The van der Waals surface area contributed by atoms with Crippen LogP contribution in [0.25, 0.3) is 0 Å². The van der Waals surface area contributed by atoms with Crippen molar-refractivity contribution in [3.05, 3.63) is 0 Å². The van der Waals surface area contributed by atoms with Gasteiger partial charge in [-0.15, -0.1) is 0 Å². The monoisotopic (exact) mass is 172 g/mol. The zero-order valence-electron chi connectivity index (χ0n) is 7.71. The van der Waals surface area contributed by atoms with Gasteiger partial charge in [-0.25, -0.2) is 0 Å². The van der Waals surface area contributed by atoms with E-state index in [2.05, 4.69) is 0 Å². The molecule has 0 aromatic heterocycles. The summed E-state index contributed by atoms with van der Waals surface area (Å²) in [6, 6.07) is 0. The SMILES string of the molecule is OCC[C@@H](CO)C1CCCCC1. The normalized spacial score (nSPS) is 22.5. The molecule has 0 unspecified atom stereocenters. The first kappa shape index (κ1) is 10.0. The molecule has 1 fully saturated rings. The second kappa shape index (κ2) is 5.55. The first-order chi connectivity index (χ1) is 5.88. The van der Waals surface area contributed by atoms with Gasteiger partial charge in [-0.3, -0.25) is 0 Å². The van der Waals surface area contributed by atoms with Gasteiger partial charge in [-0.2, -0.15) is 0 Å². The lowest BCUT2D eigenvalue weighted by Crippen LogP contribution is -2.22. The Morgan fingerprint density at radius 2 is 1.75 bits per heavy atom. The Hall–Kier alpha value is -0.0800. The van der Waals surface area contributed by atoms with Crippen molar-refractivity contribution in [2.45, 2.75) is 38.5 Å². The number of aliphatic hydroxyl groups is 2. The lowest BCUT2D eigenvalue weighted by Gasteiger charge is -2.28. The first-order valence-electron chi connectivity index (χ1n) is 5.10. The molecule has 1 aliphatic rings. The maximum absolute atomic E-state index is 9.10. The Bertz CT molecular complexity index is 106. The van der Waals surface area contributed by atoms with E-state index in [1.807, 2.05) is 0 Å². The third kappa shape index (κ3) is 2.76. The van der Waals surface area contributed by atoms with Crippen molar-refractivity contribution in [3.8, 4) is 0 Å². The van der Waals surface area contributed by atoms with Crippen molar-refractivity contribution in [2.24, 2.45) is 11.8 Å². The molecule has 1 aliphatic carbocycles. The van der Waals surface area contributed by atoms with E-state index in [1.165, 1.54) is 32.1 Å². The summed E-state index contributed by atoms with van der Waals surface area (Å²) in [6.07, 6.45) is 7.27. The van der Waals surface area contributed by atoms with Crippen LogP contribution in [0, 0.1) is 11.8 Å². The fraction of sp³-hybridized carbons (Fsp3) is 1.00. The van der Waals surface area contributed by atoms with Crippen LogP contribution in [0.4, 0.5) is 0 Å². The fourth-order valence-electron chi connectivity index (χ4n) is 2.25. The van der Waals surface area contributed by atoms with Gasteiger partial charge in [0, 0.05) is 13.2 Å². The summed E-state index contributed by atoms with van der Waals surface area (Å²) in [5, 5.41) is 17.9. The van der Waals surface area contributed by atoms with E-state index in [4.69, 9.17) is 10.2 Å². The van der Waals surface area contributed by atoms with Crippen molar-refractivity contribution in [1.29, 1.82) is 0 Å². The Morgan fingerprint density at radius 1 is 1.08 bits per heavy atom. The first-order valence-corrected chi connectivity index (χ1v) is 5.10. The van der Waals surface area contributed by atoms with Crippen LogP contribution in [0.3, 0.4) is 0 Å². The average Bonchev–Trinajstić information content (AvgIpc) is 2.15. The molecule has 0 radical (unpaired) electrons. The van der Waals surface area contributed by atoms with Crippen LogP contribution in [-0.4, -0.2) is 23.4 Å². The van der Waals surface area contributed by atoms with Gasteiger partial charge < -0.3 is 10.2 Å². The molecule has 0 amide bonds. The molecular formula is C10H20O2. The summed E-state index contributed by atoms with van der Waals surface area (Å²) in [5.74, 6) is 1.03. The predicted octanol–water partition coefficient (Wildman–Crippen LogP) is 1.56. The predicted molar refractivity (Wildman–Crippen MR) is 48.9 cm³/mol. The highest BCUT2D eigenvalue weighted by Gasteiger charge is 2.22. The number of rotatable bonds is 4. The van der Waals surface area contributed by atoms with Crippen molar-refractivity contribution in [3.63, 3.8) is 0 Å². The van der Waals surface area contributed by atoms with Crippen molar-refractivity contribution in [2.75, 3.05) is 13.2 Å². The van der Waals surface area contributed by atoms with E-state index in [0.29, 0.717) is 11.8 Å². The van der Waals surface area contributed by atoms with Gasteiger partial charge in [0.15, 0.2) is 0 Å². The van der Waals surface area contributed by atoms with E-state index >= 15 is 0 Å². The Labute approximate surface area is 74.6 Å². The molecule has 1 rings (SSSR count). The third-order valence-corrected chi connectivity index (χ3v) is 3.05. The molecule has 0 aromatic carbocycles. The number of hydrogen-bond donors (Lipinski definition) is 2. The number of aliphatic hydroxyl groups excluding tert-OH is 2. The average molecular weight is 172 g/mol. The molecule has 2 N–H and O–H groups in total. The molecule has 2 heteroatoms. The zero-order valence-corrected chi connectivity index (χ0v) is 7.71. The van der Waals surface area contributed by atoms with Gasteiger partial charge >= 0.3 is 0 Å². The zero-order chi connectivity index (χ0) is 8.81. The highest BCUT2D eigenvalue weighted by Crippen LogP contribution is 2.31. The second-order valence-corrected chi connectivity index (χ2v) is 3.85. The summed E-state index contributed by atoms with van der Waals surface area (Å²) in [6.45, 7) is 0.479. The van der Waals surface area contributed by atoms with Gasteiger partial charge in [0.1, 0.15) is 0 Å². The fourth-order valence-corrected chi connectivity index (χ4v) is 2.25. The van der Waals surface area contributed by atoms with E-state index in [9.17, 15) is 0 Å². The van der Waals surface area contributed by atoms with Gasteiger partial charge in [-0.1, -0.05) is 32.1 Å². The summed E-state index contributed by atoms with van der Waals surface area (Å²) >= 11 is 0. The summed E-state index contributed by atoms with van der Waals surface area (Å²) in [4.78, 5) is 0. The molecule has 0 aliphatic heterocycles. The molecule has 0 aromatic rings. The van der Waals surface area contributed by atoms with Crippen LogP contribution in [-0.2, 0) is 0 Å². The van der Waals surface area contributed by atoms with Crippen LogP contribution < -0.4 is 0 Å². The van der Waals surface area contributed by atoms with Gasteiger partial charge in [0.25, 0.3) is 0 Å². The minimum absolute atomic E-state index is 0.224. The maximum atomic E-state index is 9.10. The highest BCUT2D eigenvalue weighted by molar-refractivity contribution is 4.73. The van der Waals surface area contributed by atoms with Crippen LogP contribution in [0.15, 0.2) is 0 Å². The minimum Gasteiger partial charge on any atom is -0.396 e. The molecule has 0 heterocycles. The molecule has 2 nitrogen and oxygen atoms in total. The van der Waals surface area contributed by atoms with Crippen LogP contribution in [0.2, 0.25) is 0 Å². The van der Waals surface area contributed by atoms with Crippen molar-refractivity contribution >= 4 is 0 Å². The van der Waals surface area contributed by atoms with E-state index in [1.54, 1.807) is 0 Å². The third-order valence-electron chi connectivity index (χ3n) is 3.05. The summed E-state index contributed by atoms with van der Waals surface area (Å²) < 4.78 is 0. The van der Waals surface area contributed by atoms with E-state index in [0.717, 1.165) is 6.42 Å². The van der Waals surface area contributed by atoms with Crippen LogP contribution in [0.5, 0.6) is 0 Å². The van der Waals surface area contributed by atoms with Crippen LogP contribution in [0.1, 0.15) is 38.5 Å². The van der Waals surface area contributed by atoms with E-state index < -0.39 is 0 Å². The largest absolute Gasteiger partial charge is 0.396 e. The molecule has 1 atom stereocenters. The topological polar surface area (TPSA) is 40.5 Å². The Balaban J connectivity index is 2.29. The quantitative estimate of drug-likeness (QED) is 0.675.